The summed E-state index contributed by atoms with van der Waals surface area (Å²) >= 11 is 0. The molecule has 0 aliphatic carbocycles. The second-order valence-corrected chi connectivity index (χ2v) is 7.18. The Morgan fingerprint density at radius 2 is 1.65 bits per heavy atom. The standard InChI is InChI=1S/C16H15F2NO3S/c1-10(11-3-6-13(7-4-11)23(2,21)22)19-16(20)12-5-8-14(17)15(18)9-12/h3-10H,1-2H3,(H,19,20). The molecule has 0 bridgehead atoms. The Labute approximate surface area is 133 Å². The van der Waals surface area contributed by atoms with Crippen molar-refractivity contribution >= 4 is 15.7 Å². The molecule has 0 aliphatic rings. The van der Waals surface area contributed by atoms with Crippen LogP contribution in [0, 0.1) is 11.6 Å². The fourth-order valence-corrected chi connectivity index (χ4v) is 2.63. The molecule has 0 aliphatic heterocycles. The van der Waals surface area contributed by atoms with E-state index in [9.17, 15) is 22.0 Å². The minimum atomic E-state index is -3.28. The first-order chi connectivity index (χ1) is 10.7. The second kappa shape index (κ2) is 6.45. The van der Waals surface area contributed by atoms with Gasteiger partial charge in [-0.1, -0.05) is 12.1 Å². The number of hydrogen-bond donors (Lipinski definition) is 1. The summed E-state index contributed by atoms with van der Waals surface area (Å²) in [4.78, 5) is 12.2. The van der Waals surface area contributed by atoms with E-state index in [4.69, 9.17) is 0 Å². The molecule has 0 radical (unpaired) electrons. The minimum Gasteiger partial charge on any atom is -0.346 e. The van der Waals surface area contributed by atoms with Gasteiger partial charge >= 0.3 is 0 Å². The highest BCUT2D eigenvalue weighted by molar-refractivity contribution is 7.90. The first-order valence-electron chi connectivity index (χ1n) is 6.74. The highest BCUT2D eigenvalue weighted by atomic mass is 32.2. The molecule has 7 heteroatoms. The van der Waals surface area contributed by atoms with Crippen LogP contribution in [0.3, 0.4) is 0 Å². The third-order valence-corrected chi connectivity index (χ3v) is 4.47. The molecule has 23 heavy (non-hydrogen) atoms. The molecule has 1 N–H and O–H groups in total. The number of carbonyl (C=O) groups is 1. The molecular weight excluding hydrogens is 324 g/mol. The van der Waals surface area contributed by atoms with Crippen LogP contribution in [0.4, 0.5) is 8.78 Å². The van der Waals surface area contributed by atoms with Crippen LogP contribution in [0.5, 0.6) is 0 Å². The highest BCUT2D eigenvalue weighted by Gasteiger charge is 2.14. The van der Waals surface area contributed by atoms with Crippen LogP contribution in [0.15, 0.2) is 47.4 Å². The van der Waals surface area contributed by atoms with Crippen molar-refractivity contribution in [1.29, 1.82) is 0 Å². The van der Waals surface area contributed by atoms with E-state index in [0.29, 0.717) is 5.56 Å². The van der Waals surface area contributed by atoms with Crippen molar-refractivity contribution in [3.63, 3.8) is 0 Å². The number of amides is 1. The summed E-state index contributed by atoms with van der Waals surface area (Å²) in [5.74, 6) is -2.67. The first kappa shape index (κ1) is 17.1. The van der Waals surface area contributed by atoms with Crippen molar-refractivity contribution in [3.05, 3.63) is 65.2 Å². The molecule has 0 heterocycles. The van der Waals surface area contributed by atoms with Gasteiger partial charge in [-0.2, -0.15) is 0 Å². The van der Waals surface area contributed by atoms with E-state index in [1.165, 1.54) is 18.2 Å². The summed E-state index contributed by atoms with van der Waals surface area (Å²) < 4.78 is 48.8. The summed E-state index contributed by atoms with van der Waals surface area (Å²) in [7, 11) is -3.28. The van der Waals surface area contributed by atoms with Gasteiger partial charge in [-0.05, 0) is 42.8 Å². The average Bonchev–Trinajstić information content (AvgIpc) is 2.49. The summed E-state index contributed by atoms with van der Waals surface area (Å²) in [6.07, 6.45) is 1.11. The maximum absolute atomic E-state index is 13.1. The Hall–Kier alpha value is -2.28. The van der Waals surface area contributed by atoms with Gasteiger partial charge in [0.05, 0.1) is 10.9 Å². The van der Waals surface area contributed by atoms with Crippen molar-refractivity contribution in [1.82, 2.24) is 5.32 Å². The van der Waals surface area contributed by atoms with Gasteiger partial charge in [0.2, 0.25) is 0 Å². The molecule has 2 aromatic rings. The summed E-state index contributed by atoms with van der Waals surface area (Å²) in [6.45, 7) is 1.70. The highest BCUT2D eigenvalue weighted by Crippen LogP contribution is 2.17. The third kappa shape index (κ3) is 4.13. The number of nitrogens with one attached hydrogen (secondary N) is 1. The monoisotopic (exact) mass is 339 g/mol. The van der Waals surface area contributed by atoms with Crippen LogP contribution in [0.1, 0.15) is 28.9 Å². The van der Waals surface area contributed by atoms with E-state index >= 15 is 0 Å². The number of carbonyl (C=O) groups excluding carboxylic acids is 1. The van der Waals surface area contributed by atoms with Gasteiger partial charge in [0.25, 0.3) is 5.91 Å². The number of rotatable bonds is 4. The number of benzene rings is 2. The van der Waals surface area contributed by atoms with Crippen molar-refractivity contribution in [2.75, 3.05) is 6.26 Å². The van der Waals surface area contributed by atoms with Gasteiger partial charge in [-0.25, -0.2) is 17.2 Å². The Morgan fingerprint density at radius 1 is 1.04 bits per heavy atom. The van der Waals surface area contributed by atoms with E-state index in [2.05, 4.69) is 5.32 Å². The Bertz CT molecular complexity index is 833. The molecule has 2 aromatic carbocycles. The largest absolute Gasteiger partial charge is 0.346 e. The van der Waals surface area contributed by atoms with Crippen LogP contribution in [-0.2, 0) is 9.84 Å². The maximum atomic E-state index is 13.1. The van der Waals surface area contributed by atoms with Gasteiger partial charge < -0.3 is 5.32 Å². The zero-order chi connectivity index (χ0) is 17.2. The van der Waals surface area contributed by atoms with E-state index in [1.54, 1.807) is 19.1 Å². The van der Waals surface area contributed by atoms with Crippen LogP contribution >= 0.6 is 0 Å². The van der Waals surface area contributed by atoms with E-state index in [1.807, 2.05) is 0 Å². The molecule has 4 nitrogen and oxygen atoms in total. The van der Waals surface area contributed by atoms with Gasteiger partial charge in [-0.15, -0.1) is 0 Å². The van der Waals surface area contributed by atoms with E-state index in [-0.39, 0.29) is 10.5 Å². The quantitative estimate of drug-likeness (QED) is 0.932. The van der Waals surface area contributed by atoms with Gasteiger partial charge in [-0.3, -0.25) is 4.79 Å². The zero-order valence-corrected chi connectivity index (χ0v) is 13.3. The second-order valence-electron chi connectivity index (χ2n) is 5.17. The Morgan fingerprint density at radius 3 is 2.17 bits per heavy atom. The SMILES string of the molecule is CC(NC(=O)c1ccc(F)c(F)c1)c1ccc(S(C)(=O)=O)cc1. The zero-order valence-electron chi connectivity index (χ0n) is 12.5. The molecule has 1 amide bonds. The number of halogens is 2. The van der Waals surface area contributed by atoms with Crippen molar-refractivity contribution in [2.45, 2.75) is 17.9 Å². The van der Waals surface area contributed by atoms with Gasteiger partial charge in [0.1, 0.15) is 0 Å². The molecule has 0 saturated carbocycles. The van der Waals surface area contributed by atoms with Gasteiger partial charge in [0.15, 0.2) is 21.5 Å². The molecule has 1 unspecified atom stereocenters. The molecule has 0 spiro atoms. The lowest BCUT2D eigenvalue weighted by Crippen LogP contribution is -2.26. The predicted molar refractivity (Wildman–Crippen MR) is 81.8 cm³/mol. The predicted octanol–water partition coefficient (Wildman–Crippen LogP) is 2.86. The summed E-state index contributed by atoms with van der Waals surface area (Å²) in [5, 5.41) is 2.64. The summed E-state index contributed by atoms with van der Waals surface area (Å²) in [5.41, 5.74) is 0.692. The molecule has 0 aromatic heterocycles. The van der Waals surface area contributed by atoms with E-state index < -0.39 is 33.4 Å². The summed E-state index contributed by atoms with van der Waals surface area (Å²) in [6, 6.07) is 8.55. The van der Waals surface area contributed by atoms with Crippen molar-refractivity contribution in [2.24, 2.45) is 0 Å². The fourth-order valence-electron chi connectivity index (χ4n) is 2.00. The molecule has 1 atom stereocenters. The molecule has 122 valence electrons. The first-order valence-corrected chi connectivity index (χ1v) is 8.63. The van der Waals surface area contributed by atoms with Crippen LogP contribution in [0.25, 0.3) is 0 Å². The lowest BCUT2D eigenvalue weighted by molar-refractivity contribution is 0.0939. The lowest BCUT2D eigenvalue weighted by Gasteiger charge is -2.15. The van der Waals surface area contributed by atoms with Crippen LogP contribution < -0.4 is 5.32 Å². The number of hydrogen-bond acceptors (Lipinski definition) is 3. The number of sulfone groups is 1. The normalized spacial score (nSPS) is 12.7. The van der Waals surface area contributed by atoms with Gasteiger partial charge in [0, 0.05) is 11.8 Å². The van der Waals surface area contributed by atoms with Crippen molar-refractivity contribution in [3.8, 4) is 0 Å². The van der Waals surface area contributed by atoms with Crippen molar-refractivity contribution < 1.29 is 22.0 Å². The van der Waals surface area contributed by atoms with Crippen LogP contribution in [0.2, 0.25) is 0 Å². The molecule has 0 fully saturated rings. The average molecular weight is 339 g/mol. The van der Waals surface area contributed by atoms with E-state index in [0.717, 1.165) is 18.4 Å². The maximum Gasteiger partial charge on any atom is 0.251 e. The smallest absolute Gasteiger partial charge is 0.251 e. The topological polar surface area (TPSA) is 63.2 Å². The fraction of sp³-hybridized carbons (Fsp3) is 0.188. The molecule has 2 rings (SSSR count). The third-order valence-electron chi connectivity index (χ3n) is 3.34. The minimum absolute atomic E-state index is 0.00325. The Kier molecular flexibility index (Phi) is 4.79. The molecular formula is C16H15F2NO3S. The lowest BCUT2D eigenvalue weighted by atomic mass is 10.1. The molecule has 0 saturated heterocycles. The Balaban J connectivity index is 2.13. The van der Waals surface area contributed by atoms with Crippen LogP contribution in [-0.4, -0.2) is 20.6 Å².